The quantitative estimate of drug-likeness (QED) is 0.652. The van der Waals surface area contributed by atoms with Gasteiger partial charge in [-0.1, -0.05) is 0 Å². The molecule has 14 heavy (non-hydrogen) atoms. The molecule has 0 heterocycles. The number of carbonyl (C=O) groups excluding carboxylic acids is 1. The summed E-state index contributed by atoms with van der Waals surface area (Å²) in [4.78, 5) is 11.0. The average molecular weight is 217 g/mol. The molecule has 0 aromatic rings. The van der Waals surface area contributed by atoms with Gasteiger partial charge < -0.3 is 10.1 Å². The van der Waals surface area contributed by atoms with Crippen LogP contribution in [0.1, 0.15) is 19.8 Å². The lowest BCUT2D eigenvalue weighted by molar-refractivity contribution is -0.139. The molecule has 0 radical (unpaired) electrons. The zero-order chi connectivity index (χ0) is 10.4. The zero-order valence-electron chi connectivity index (χ0n) is 8.91. The third kappa shape index (κ3) is 4.33. The molecule has 1 fully saturated rings. The fraction of sp³-hybridized carbons (Fsp3) is 0.900. The lowest BCUT2D eigenvalue weighted by Crippen LogP contribution is -2.30. The van der Waals surface area contributed by atoms with Gasteiger partial charge in [-0.2, -0.15) is 0 Å². The number of carbonyl (C=O) groups is 1. The normalized spacial score (nSPS) is 17.9. The maximum Gasteiger partial charge on any atom is 0.315 e. The highest BCUT2D eigenvalue weighted by Gasteiger charge is 2.29. The Kier molecular flexibility index (Phi) is 5.33. The number of thioether (sulfide) groups is 1. The zero-order valence-corrected chi connectivity index (χ0v) is 9.73. The summed E-state index contributed by atoms with van der Waals surface area (Å²) in [6.45, 7) is 2.32. The van der Waals surface area contributed by atoms with Crippen molar-refractivity contribution in [2.24, 2.45) is 5.92 Å². The Morgan fingerprint density at radius 3 is 2.86 bits per heavy atom. The summed E-state index contributed by atoms with van der Waals surface area (Å²) in [6.07, 6.45) is 2.68. The van der Waals surface area contributed by atoms with Crippen molar-refractivity contribution in [3.8, 4) is 0 Å². The average Bonchev–Trinajstić information content (AvgIpc) is 2.96. The van der Waals surface area contributed by atoms with E-state index < -0.39 is 0 Å². The maximum absolute atomic E-state index is 11.0. The van der Waals surface area contributed by atoms with Crippen LogP contribution < -0.4 is 5.32 Å². The summed E-state index contributed by atoms with van der Waals surface area (Å²) < 4.78 is 4.85. The van der Waals surface area contributed by atoms with Crippen LogP contribution in [0.2, 0.25) is 0 Å². The largest absolute Gasteiger partial charge is 0.465 e. The van der Waals surface area contributed by atoms with Crippen LogP contribution in [0.15, 0.2) is 0 Å². The van der Waals surface area contributed by atoms with Crippen molar-refractivity contribution >= 4 is 17.7 Å². The SMILES string of the molecule is CCOC(=O)CSCC(NC)C1CC1. The smallest absolute Gasteiger partial charge is 0.315 e. The van der Waals surface area contributed by atoms with Gasteiger partial charge in [-0.15, -0.1) is 11.8 Å². The van der Waals surface area contributed by atoms with E-state index in [-0.39, 0.29) is 5.97 Å². The van der Waals surface area contributed by atoms with Crippen molar-refractivity contribution in [1.29, 1.82) is 0 Å². The lowest BCUT2D eigenvalue weighted by Gasteiger charge is -2.13. The first-order chi connectivity index (χ1) is 6.77. The van der Waals surface area contributed by atoms with Gasteiger partial charge in [0, 0.05) is 11.8 Å². The van der Waals surface area contributed by atoms with Crippen molar-refractivity contribution in [2.75, 3.05) is 25.2 Å². The van der Waals surface area contributed by atoms with E-state index in [2.05, 4.69) is 5.32 Å². The van der Waals surface area contributed by atoms with Crippen molar-refractivity contribution in [3.63, 3.8) is 0 Å². The van der Waals surface area contributed by atoms with Crippen LogP contribution in [-0.4, -0.2) is 37.2 Å². The van der Waals surface area contributed by atoms with Crippen LogP contribution >= 0.6 is 11.8 Å². The summed E-state index contributed by atoms with van der Waals surface area (Å²) >= 11 is 1.67. The van der Waals surface area contributed by atoms with E-state index in [0.29, 0.717) is 18.4 Å². The fourth-order valence-electron chi connectivity index (χ4n) is 1.43. The highest BCUT2D eigenvalue weighted by atomic mass is 32.2. The van der Waals surface area contributed by atoms with Crippen molar-refractivity contribution < 1.29 is 9.53 Å². The molecule has 3 nitrogen and oxygen atoms in total. The van der Waals surface area contributed by atoms with Gasteiger partial charge in [-0.3, -0.25) is 4.79 Å². The Morgan fingerprint density at radius 1 is 1.64 bits per heavy atom. The predicted octanol–water partition coefficient (Wildman–Crippen LogP) is 1.28. The van der Waals surface area contributed by atoms with Crippen LogP contribution in [0, 0.1) is 5.92 Å². The topological polar surface area (TPSA) is 38.3 Å². The predicted molar refractivity (Wildman–Crippen MR) is 59.5 cm³/mol. The van der Waals surface area contributed by atoms with E-state index in [1.54, 1.807) is 11.8 Å². The van der Waals surface area contributed by atoms with Gasteiger partial charge in [-0.25, -0.2) is 0 Å². The second-order valence-electron chi connectivity index (χ2n) is 3.55. The third-order valence-electron chi connectivity index (χ3n) is 2.38. The molecule has 1 aliphatic rings. The summed E-state index contributed by atoms with van der Waals surface area (Å²) in [5.41, 5.74) is 0. The summed E-state index contributed by atoms with van der Waals surface area (Å²) in [5, 5.41) is 3.30. The molecule has 1 unspecified atom stereocenters. The molecular weight excluding hydrogens is 198 g/mol. The van der Waals surface area contributed by atoms with Gasteiger partial charge in [0.1, 0.15) is 0 Å². The number of nitrogens with one attached hydrogen (secondary N) is 1. The van der Waals surface area contributed by atoms with Gasteiger partial charge in [0.15, 0.2) is 0 Å². The molecule has 1 rings (SSSR count). The Labute approximate surface area is 90.0 Å². The molecular formula is C10H19NO2S. The van der Waals surface area contributed by atoms with Gasteiger partial charge >= 0.3 is 5.97 Å². The Morgan fingerprint density at radius 2 is 2.36 bits per heavy atom. The van der Waals surface area contributed by atoms with E-state index in [0.717, 1.165) is 11.7 Å². The molecule has 1 atom stereocenters. The number of ether oxygens (including phenoxy) is 1. The first-order valence-corrected chi connectivity index (χ1v) is 6.34. The second kappa shape index (κ2) is 6.30. The molecule has 1 saturated carbocycles. The summed E-state index contributed by atoms with van der Waals surface area (Å²) in [7, 11) is 1.99. The monoisotopic (exact) mass is 217 g/mol. The highest BCUT2D eigenvalue weighted by molar-refractivity contribution is 7.99. The molecule has 0 saturated heterocycles. The summed E-state index contributed by atoms with van der Waals surface area (Å²) in [6, 6.07) is 0.578. The van der Waals surface area contributed by atoms with Crippen LogP contribution in [0.5, 0.6) is 0 Å². The number of hydrogen-bond donors (Lipinski definition) is 1. The molecule has 1 N–H and O–H groups in total. The molecule has 0 bridgehead atoms. The fourth-order valence-corrected chi connectivity index (χ4v) is 2.49. The molecule has 0 aromatic carbocycles. The van der Waals surface area contributed by atoms with Crippen LogP contribution in [0.25, 0.3) is 0 Å². The standard InChI is InChI=1S/C10H19NO2S/c1-3-13-10(12)7-14-6-9(11-2)8-4-5-8/h8-9,11H,3-7H2,1-2H3. The first kappa shape index (κ1) is 11.9. The number of rotatable bonds is 7. The molecule has 0 aliphatic heterocycles. The third-order valence-corrected chi connectivity index (χ3v) is 3.42. The van der Waals surface area contributed by atoms with E-state index in [1.165, 1.54) is 12.8 Å². The highest BCUT2D eigenvalue weighted by Crippen LogP contribution is 2.33. The van der Waals surface area contributed by atoms with E-state index in [1.807, 2.05) is 14.0 Å². The molecule has 82 valence electrons. The van der Waals surface area contributed by atoms with Gasteiger partial charge in [0.05, 0.1) is 12.4 Å². The van der Waals surface area contributed by atoms with Crippen LogP contribution in [0.4, 0.5) is 0 Å². The van der Waals surface area contributed by atoms with E-state index in [4.69, 9.17) is 4.74 Å². The molecule has 0 aromatic heterocycles. The van der Waals surface area contributed by atoms with Crippen molar-refractivity contribution in [3.05, 3.63) is 0 Å². The lowest BCUT2D eigenvalue weighted by atomic mass is 10.2. The molecule has 1 aliphatic carbocycles. The minimum absolute atomic E-state index is 0.0943. The van der Waals surface area contributed by atoms with Crippen molar-refractivity contribution in [1.82, 2.24) is 5.32 Å². The minimum atomic E-state index is -0.0943. The van der Waals surface area contributed by atoms with Crippen LogP contribution in [0.3, 0.4) is 0 Å². The molecule has 0 spiro atoms. The Bertz CT molecular complexity index is 183. The van der Waals surface area contributed by atoms with Crippen LogP contribution in [-0.2, 0) is 9.53 Å². The summed E-state index contributed by atoms with van der Waals surface area (Å²) in [5.74, 6) is 2.25. The Balaban J connectivity index is 2.03. The second-order valence-corrected chi connectivity index (χ2v) is 4.58. The minimum Gasteiger partial charge on any atom is -0.465 e. The van der Waals surface area contributed by atoms with E-state index >= 15 is 0 Å². The van der Waals surface area contributed by atoms with Gasteiger partial charge in [0.2, 0.25) is 0 Å². The van der Waals surface area contributed by atoms with Crippen molar-refractivity contribution in [2.45, 2.75) is 25.8 Å². The van der Waals surface area contributed by atoms with E-state index in [9.17, 15) is 4.79 Å². The Hall–Kier alpha value is -0.220. The van der Waals surface area contributed by atoms with Gasteiger partial charge in [-0.05, 0) is 32.7 Å². The number of esters is 1. The molecule has 0 amide bonds. The number of hydrogen-bond acceptors (Lipinski definition) is 4. The van der Waals surface area contributed by atoms with Gasteiger partial charge in [0.25, 0.3) is 0 Å². The first-order valence-electron chi connectivity index (χ1n) is 5.18. The maximum atomic E-state index is 11.0. The molecule has 4 heteroatoms.